The third kappa shape index (κ3) is 3.43. The lowest BCUT2D eigenvalue weighted by Gasteiger charge is -2.29. The number of rotatable bonds is 6. The van der Waals surface area contributed by atoms with E-state index in [2.05, 4.69) is 4.72 Å². The number of benzene rings is 2. The van der Waals surface area contributed by atoms with Gasteiger partial charge in [0, 0.05) is 24.2 Å². The molecule has 2 aromatic rings. The van der Waals surface area contributed by atoms with Crippen molar-refractivity contribution in [1.82, 2.24) is 4.90 Å². The van der Waals surface area contributed by atoms with E-state index in [-0.39, 0.29) is 22.5 Å². The molecule has 2 aromatic carbocycles. The van der Waals surface area contributed by atoms with Gasteiger partial charge in [0.05, 0.1) is 5.69 Å². The molecular formula is C20H19FN2O4S. The topological polar surface area (TPSA) is 83.6 Å². The first-order valence-electron chi connectivity index (χ1n) is 8.76. The Hall–Kier alpha value is -3.00. The van der Waals surface area contributed by atoms with E-state index in [4.69, 9.17) is 0 Å². The van der Waals surface area contributed by atoms with Crippen LogP contribution in [0.25, 0.3) is 0 Å². The molecule has 6 nitrogen and oxygen atoms in total. The zero-order chi connectivity index (χ0) is 20.5. The molecule has 0 aliphatic heterocycles. The zero-order valence-electron chi connectivity index (χ0n) is 15.4. The zero-order valence-corrected chi connectivity index (χ0v) is 16.2. The van der Waals surface area contributed by atoms with Crippen LogP contribution in [0.1, 0.15) is 34.6 Å². The summed E-state index contributed by atoms with van der Waals surface area (Å²) in [6.45, 7) is 4.20. The number of Topliss-reactive ketones (excluding diaryl/α,β-unsaturated/α-hetero) is 2. The first-order valence-corrected chi connectivity index (χ1v) is 10.2. The summed E-state index contributed by atoms with van der Waals surface area (Å²) in [5.41, 5.74) is -0.00904. The molecule has 0 saturated heterocycles. The Labute approximate surface area is 162 Å². The number of sulfonamides is 1. The van der Waals surface area contributed by atoms with E-state index >= 15 is 0 Å². The second-order valence-electron chi connectivity index (χ2n) is 6.17. The maximum Gasteiger partial charge on any atom is 0.268 e. The summed E-state index contributed by atoms with van der Waals surface area (Å²) in [5.74, 6) is -1.92. The number of carbonyl (C=O) groups excluding carboxylic acids is 2. The number of anilines is 1. The van der Waals surface area contributed by atoms with Crippen LogP contribution >= 0.6 is 0 Å². The van der Waals surface area contributed by atoms with Crippen molar-refractivity contribution < 1.29 is 22.4 Å². The van der Waals surface area contributed by atoms with Gasteiger partial charge in [0.15, 0.2) is 4.91 Å². The van der Waals surface area contributed by atoms with Gasteiger partial charge >= 0.3 is 0 Å². The largest absolute Gasteiger partial charge is 0.368 e. The van der Waals surface area contributed by atoms with Gasteiger partial charge in [0.25, 0.3) is 10.0 Å². The van der Waals surface area contributed by atoms with Gasteiger partial charge in [0.1, 0.15) is 11.5 Å². The Balaban J connectivity index is 2.21. The Bertz CT molecular complexity index is 1090. The standard InChI is InChI=1S/C20H19FN2O4S/c1-3-23(4-2)17-18(24)15-10-5-6-11-16(15)19(25)20(17)28(26,27)22-14-9-7-8-13(21)12-14/h5-12,22H,3-4H2,1-2H3. The summed E-state index contributed by atoms with van der Waals surface area (Å²) >= 11 is 0. The van der Waals surface area contributed by atoms with E-state index in [0.29, 0.717) is 13.1 Å². The van der Waals surface area contributed by atoms with Crippen molar-refractivity contribution in [2.24, 2.45) is 0 Å². The fourth-order valence-corrected chi connectivity index (χ4v) is 4.54. The second-order valence-corrected chi connectivity index (χ2v) is 7.79. The van der Waals surface area contributed by atoms with Crippen molar-refractivity contribution in [2.75, 3.05) is 17.8 Å². The fraction of sp³-hybridized carbons (Fsp3) is 0.200. The molecule has 0 fully saturated rings. The van der Waals surface area contributed by atoms with E-state index in [9.17, 15) is 22.4 Å². The van der Waals surface area contributed by atoms with Crippen LogP contribution in [0.2, 0.25) is 0 Å². The van der Waals surface area contributed by atoms with E-state index in [1.165, 1.54) is 35.2 Å². The van der Waals surface area contributed by atoms with E-state index in [1.54, 1.807) is 26.0 Å². The molecule has 146 valence electrons. The van der Waals surface area contributed by atoms with Gasteiger partial charge < -0.3 is 4.90 Å². The lowest BCUT2D eigenvalue weighted by Crippen LogP contribution is -2.37. The van der Waals surface area contributed by atoms with Crippen LogP contribution in [-0.4, -0.2) is 38.0 Å². The minimum absolute atomic E-state index is 0.0306. The molecule has 0 spiro atoms. The van der Waals surface area contributed by atoms with Gasteiger partial charge in [-0.2, -0.15) is 0 Å². The summed E-state index contributed by atoms with van der Waals surface area (Å²) < 4.78 is 41.9. The number of allylic oxidation sites excluding steroid dienone is 2. The number of carbonyl (C=O) groups is 2. The molecule has 1 aliphatic rings. The van der Waals surface area contributed by atoms with E-state index in [0.717, 1.165) is 6.07 Å². The average molecular weight is 402 g/mol. The molecule has 0 atom stereocenters. The summed E-state index contributed by atoms with van der Waals surface area (Å²) in [7, 11) is -4.44. The van der Waals surface area contributed by atoms with Crippen LogP contribution in [-0.2, 0) is 10.0 Å². The van der Waals surface area contributed by atoms with Gasteiger partial charge in [-0.15, -0.1) is 0 Å². The number of hydrogen-bond acceptors (Lipinski definition) is 5. The number of hydrogen-bond donors (Lipinski definition) is 1. The van der Waals surface area contributed by atoms with Crippen molar-refractivity contribution in [2.45, 2.75) is 13.8 Å². The molecule has 28 heavy (non-hydrogen) atoms. The van der Waals surface area contributed by atoms with Gasteiger partial charge in [-0.25, -0.2) is 12.8 Å². The highest BCUT2D eigenvalue weighted by Crippen LogP contribution is 2.32. The van der Waals surface area contributed by atoms with Crippen molar-refractivity contribution >= 4 is 27.3 Å². The third-order valence-electron chi connectivity index (χ3n) is 4.48. The van der Waals surface area contributed by atoms with E-state index in [1.807, 2.05) is 0 Å². The molecule has 1 N–H and O–H groups in total. The Kier molecular flexibility index (Phi) is 5.33. The van der Waals surface area contributed by atoms with Gasteiger partial charge in [-0.3, -0.25) is 14.3 Å². The van der Waals surface area contributed by atoms with Gasteiger partial charge in [-0.05, 0) is 32.0 Å². The normalized spacial score (nSPS) is 14.1. The SMILES string of the molecule is CCN(CC)C1=C(S(=O)(=O)Nc2cccc(F)c2)C(=O)c2ccccc2C1=O. The molecular weight excluding hydrogens is 383 g/mol. The number of nitrogens with zero attached hydrogens (tertiary/aromatic N) is 1. The first kappa shape index (κ1) is 19.8. The highest BCUT2D eigenvalue weighted by Gasteiger charge is 2.41. The lowest BCUT2D eigenvalue weighted by atomic mass is 9.92. The van der Waals surface area contributed by atoms with Crippen LogP contribution < -0.4 is 4.72 Å². The quantitative estimate of drug-likeness (QED) is 0.802. The fourth-order valence-electron chi connectivity index (χ4n) is 3.17. The number of nitrogens with one attached hydrogen (secondary N) is 1. The van der Waals surface area contributed by atoms with Crippen LogP contribution in [0.15, 0.2) is 59.1 Å². The van der Waals surface area contributed by atoms with Crippen molar-refractivity contribution in [3.05, 3.63) is 76.1 Å². The molecule has 0 radical (unpaired) electrons. The van der Waals surface area contributed by atoms with Crippen LogP contribution in [0.4, 0.5) is 10.1 Å². The molecule has 3 rings (SSSR count). The molecule has 0 amide bonds. The third-order valence-corrected chi connectivity index (χ3v) is 5.90. The molecule has 1 aliphatic carbocycles. The summed E-state index contributed by atoms with van der Waals surface area (Å²) in [4.78, 5) is 27.1. The number of likely N-dealkylation sites (N-methyl/N-ethyl adjacent to an activating group) is 1. The van der Waals surface area contributed by atoms with Crippen LogP contribution in [0, 0.1) is 5.82 Å². The first-order chi connectivity index (χ1) is 13.3. The van der Waals surface area contributed by atoms with Crippen LogP contribution in [0.5, 0.6) is 0 Å². The molecule has 0 unspecified atom stereocenters. The van der Waals surface area contributed by atoms with Crippen molar-refractivity contribution in [3.8, 4) is 0 Å². The van der Waals surface area contributed by atoms with Crippen LogP contribution in [0.3, 0.4) is 0 Å². The molecule has 0 aromatic heterocycles. The number of halogens is 1. The Morgan fingerprint density at radius 2 is 1.54 bits per heavy atom. The Morgan fingerprint density at radius 1 is 0.929 bits per heavy atom. The van der Waals surface area contributed by atoms with Crippen molar-refractivity contribution in [1.29, 1.82) is 0 Å². The molecule has 0 bridgehead atoms. The Morgan fingerprint density at radius 3 is 2.11 bits per heavy atom. The average Bonchev–Trinajstić information content (AvgIpc) is 2.66. The number of ketones is 2. The highest BCUT2D eigenvalue weighted by atomic mass is 32.2. The predicted molar refractivity (Wildman–Crippen MR) is 104 cm³/mol. The molecule has 8 heteroatoms. The lowest BCUT2D eigenvalue weighted by molar-refractivity contribution is 0.0949. The molecule has 0 saturated carbocycles. The highest BCUT2D eigenvalue weighted by molar-refractivity contribution is 7.97. The maximum atomic E-state index is 13.5. The van der Waals surface area contributed by atoms with Crippen molar-refractivity contribution in [3.63, 3.8) is 0 Å². The second kappa shape index (κ2) is 7.55. The van der Waals surface area contributed by atoms with Gasteiger partial charge in [-0.1, -0.05) is 30.3 Å². The molecule has 0 heterocycles. The van der Waals surface area contributed by atoms with E-state index < -0.39 is 32.3 Å². The summed E-state index contributed by atoms with van der Waals surface area (Å²) in [6.07, 6.45) is 0. The minimum atomic E-state index is -4.44. The number of fused-ring (bicyclic) bond motifs is 1. The monoisotopic (exact) mass is 402 g/mol. The summed E-state index contributed by atoms with van der Waals surface area (Å²) in [5, 5.41) is 0. The smallest absolute Gasteiger partial charge is 0.268 e. The maximum absolute atomic E-state index is 13.5. The van der Waals surface area contributed by atoms with Gasteiger partial charge in [0.2, 0.25) is 11.6 Å². The summed E-state index contributed by atoms with van der Waals surface area (Å²) in [6, 6.07) is 11.0. The minimum Gasteiger partial charge on any atom is -0.368 e. The predicted octanol–water partition coefficient (Wildman–Crippen LogP) is 3.20.